The molecule has 0 saturated heterocycles. The summed E-state index contributed by atoms with van der Waals surface area (Å²) in [6, 6.07) is 12.5. The largest absolute Gasteiger partial charge is 0.573 e. The number of halogens is 5. The number of carbonyl (C=O) groups excluding carboxylic acids is 1. The standard InChI is InChI=1S/C27H17Cl2F3N4O7/c28-19-10-15(36-26(41)33-23(37)21(34-36)25(39)40)11-20(29)22(19)42-17-5-6-18-14(9-17)7-8-35(24(18)38)12-13-1-3-16(4-2-13)43-27(30,31)32/h1-6,9-11H,7-8,12H2,(H,39,40)(H,33,37,41). The minimum Gasteiger partial charge on any atom is -0.476 e. The first-order chi connectivity index (χ1) is 20.3. The number of aromatic amines is 1. The second-order valence-corrected chi connectivity index (χ2v) is 9.97. The third-order valence-corrected chi connectivity index (χ3v) is 6.82. The van der Waals surface area contributed by atoms with Crippen molar-refractivity contribution in [2.24, 2.45) is 0 Å². The fourth-order valence-electron chi connectivity index (χ4n) is 4.34. The summed E-state index contributed by atoms with van der Waals surface area (Å²) in [4.78, 5) is 51.7. The van der Waals surface area contributed by atoms with Gasteiger partial charge in [-0.2, -0.15) is 9.78 Å². The molecule has 222 valence electrons. The van der Waals surface area contributed by atoms with Gasteiger partial charge in [-0.1, -0.05) is 35.3 Å². The highest BCUT2D eigenvalue weighted by molar-refractivity contribution is 6.37. The number of rotatable bonds is 7. The molecule has 1 amide bonds. The van der Waals surface area contributed by atoms with E-state index in [1.54, 1.807) is 17.0 Å². The van der Waals surface area contributed by atoms with Crippen LogP contribution in [0.25, 0.3) is 5.69 Å². The first kappa shape index (κ1) is 29.7. The zero-order valence-electron chi connectivity index (χ0n) is 21.4. The van der Waals surface area contributed by atoms with Crippen LogP contribution in [-0.4, -0.2) is 49.6 Å². The van der Waals surface area contributed by atoms with Crippen molar-refractivity contribution >= 4 is 35.1 Å². The van der Waals surface area contributed by atoms with E-state index in [1.165, 1.54) is 42.5 Å². The van der Waals surface area contributed by atoms with Gasteiger partial charge in [-0.05, 0) is 60.0 Å². The second-order valence-electron chi connectivity index (χ2n) is 9.15. The lowest BCUT2D eigenvalue weighted by molar-refractivity contribution is -0.274. The Kier molecular flexibility index (Phi) is 7.90. The van der Waals surface area contributed by atoms with Gasteiger partial charge in [0.2, 0.25) is 5.69 Å². The fourth-order valence-corrected chi connectivity index (χ4v) is 4.90. The molecule has 0 atom stereocenters. The molecule has 11 nitrogen and oxygen atoms in total. The average Bonchev–Trinajstić information content (AvgIpc) is 2.92. The van der Waals surface area contributed by atoms with Crippen LogP contribution in [-0.2, 0) is 13.0 Å². The van der Waals surface area contributed by atoms with Crippen molar-refractivity contribution < 1.29 is 37.3 Å². The number of fused-ring (bicyclic) bond motifs is 1. The number of nitrogens with one attached hydrogen (secondary N) is 1. The van der Waals surface area contributed by atoms with Crippen LogP contribution in [0.5, 0.6) is 17.2 Å². The van der Waals surface area contributed by atoms with Crippen LogP contribution in [0.2, 0.25) is 10.0 Å². The number of amides is 1. The van der Waals surface area contributed by atoms with E-state index in [9.17, 15) is 32.3 Å². The van der Waals surface area contributed by atoms with E-state index in [4.69, 9.17) is 33.0 Å². The summed E-state index contributed by atoms with van der Waals surface area (Å²) in [6.45, 7) is 0.521. The molecular weight excluding hydrogens is 620 g/mol. The highest BCUT2D eigenvalue weighted by atomic mass is 35.5. The van der Waals surface area contributed by atoms with Gasteiger partial charge >= 0.3 is 18.0 Å². The SMILES string of the molecule is O=C(O)c1nn(-c2cc(Cl)c(Oc3ccc4c(c3)CCN(Cc3ccc(OC(F)(F)F)cc3)C4=O)c(Cl)c2)c(=O)[nH]c1=O. The molecule has 4 aromatic rings. The van der Waals surface area contributed by atoms with E-state index in [0.717, 1.165) is 0 Å². The van der Waals surface area contributed by atoms with Crippen LogP contribution in [0.3, 0.4) is 0 Å². The molecule has 0 spiro atoms. The summed E-state index contributed by atoms with van der Waals surface area (Å²) in [5.74, 6) is -1.98. The van der Waals surface area contributed by atoms with Gasteiger partial charge < -0.3 is 19.5 Å². The molecule has 1 aliphatic heterocycles. The van der Waals surface area contributed by atoms with Crippen LogP contribution in [0.15, 0.2) is 64.2 Å². The number of carboxylic acids is 1. The van der Waals surface area contributed by atoms with Crippen molar-refractivity contribution in [2.45, 2.75) is 19.3 Å². The van der Waals surface area contributed by atoms with Crippen LogP contribution in [0.1, 0.15) is 32.0 Å². The summed E-state index contributed by atoms with van der Waals surface area (Å²) in [5.41, 5.74) is -1.42. The zero-order valence-corrected chi connectivity index (χ0v) is 23.0. The molecule has 43 heavy (non-hydrogen) atoms. The van der Waals surface area contributed by atoms with Crippen LogP contribution in [0, 0.1) is 0 Å². The Hall–Kier alpha value is -4.82. The third-order valence-electron chi connectivity index (χ3n) is 6.25. The molecule has 0 fully saturated rings. The number of carboxylic acid groups (broad SMARTS) is 1. The van der Waals surface area contributed by atoms with E-state index in [2.05, 4.69) is 9.84 Å². The highest BCUT2D eigenvalue weighted by Crippen LogP contribution is 2.39. The normalized spacial score (nSPS) is 13.0. The summed E-state index contributed by atoms with van der Waals surface area (Å²) >= 11 is 12.7. The summed E-state index contributed by atoms with van der Waals surface area (Å²) in [5, 5.41) is 12.6. The summed E-state index contributed by atoms with van der Waals surface area (Å²) in [7, 11) is 0. The molecule has 1 aromatic heterocycles. The van der Waals surface area contributed by atoms with E-state index < -0.39 is 29.3 Å². The molecule has 0 bridgehead atoms. The van der Waals surface area contributed by atoms with Crippen molar-refractivity contribution in [3.05, 3.63) is 108 Å². The highest BCUT2D eigenvalue weighted by Gasteiger charge is 2.31. The summed E-state index contributed by atoms with van der Waals surface area (Å²) < 4.78 is 47.6. The van der Waals surface area contributed by atoms with E-state index in [-0.39, 0.29) is 39.7 Å². The maximum absolute atomic E-state index is 13.1. The zero-order chi connectivity index (χ0) is 31.1. The molecular formula is C27H17Cl2F3N4O7. The maximum atomic E-state index is 13.1. The Morgan fingerprint density at radius 2 is 1.65 bits per heavy atom. The smallest absolute Gasteiger partial charge is 0.476 e. The number of benzene rings is 3. The minimum absolute atomic E-state index is 0.00433. The number of hydrogen-bond acceptors (Lipinski definition) is 7. The molecule has 2 N–H and O–H groups in total. The fraction of sp³-hybridized carbons (Fsp3) is 0.148. The first-order valence-electron chi connectivity index (χ1n) is 12.2. The lowest BCUT2D eigenvalue weighted by Crippen LogP contribution is -2.37. The molecule has 5 rings (SSSR count). The number of nitrogens with zero attached hydrogens (tertiary/aromatic N) is 3. The van der Waals surface area contributed by atoms with Gasteiger partial charge in [0.1, 0.15) is 11.5 Å². The van der Waals surface area contributed by atoms with Crippen LogP contribution < -0.4 is 20.7 Å². The quantitative estimate of drug-likeness (QED) is 0.294. The molecule has 16 heteroatoms. The number of alkyl halides is 3. The third kappa shape index (κ3) is 6.49. The van der Waals surface area contributed by atoms with Gasteiger partial charge in [0.15, 0.2) is 5.75 Å². The number of aromatic carboxylic acids is 1. The monoisotopic (exact) mass is 636 g/mol. The average molecular weight is 637 g/mol. The van der Waals surface area contributed by atoms with Gasteiger partial charge in [0.25, 0.3) is 11.5 Å². The maximum Gasteiger partial charge on any atom is 0.573 e. The Labute approximate surface area is 248 Å². The number of carbonyl (C=O) groups is 2. The van der Waals surface area contributed by atoms with Gasteiger partial charge in [-0.15, -0.1) is 13.2 Å². The van der Waals surface area contributed by atoms with Crippen molar-refractivity contribution in [1.82, 2.24) is 19.7 Å². The summed E-state index contributed by atoms with van der Waals surface area (Å²) in [6.07, 6.45) is -4.34. The predicted molar refractivity (Wildman–Crippen MR) is 146 cm³/mol. The Balaban J connectivity index is 1.32. The molecule has 0 radical (unpaired) electrons. The predicted octanol–water partition coefficient (Wildman–Crippen LogP) is 4.82. The number of aromatic nitrogens is 3. The molecule has 2 heterocycles. The topological polar surface area (TPSA) is 144 Å². The Morgan fingerprint density at radius 3 is 2.28 bits per heavy atom. The number of hydrogen-bond donors (Lipinski definition) is 2. The van der Waals surface area contributed by atoms with Crippen LogP contribution >= 0.6 is 23.2 Å². The molecule has 1 aliphatic rings. The van der Waals surface area contributed by atoms with Crippen molar-refractivity contribution in [3.63, 3.8) is 0 Å². The lowest BCUT2D eigenvalue weighted by atomic mass is 9.98. The molecule has 3 aromatic carbocycles. The first-order valence-corrected chi connectivity index (χ1v) is 13.0. The van der Waals surface area contributed by atoms with Crippen molar-refractivity contribution in [1.29, 1.82) is 0 Å². The number of ether oxygens (including phenoxy) is 2. The minimum atomic E-state index is -4.80. The molecule has 0 unspecified atom stereocenters. The molecule has 0 aliphatic carbocycles. The van der Waals surface area contributed by atoms with E-state index in [1.807, 2.05) is 4.98 Å². The molecule has 0 saturated carbocycles. The van der Waals surface area contributed by atoms with Crippen molar-refractivity contribution in [2.75, 3.05) is 6.54 Å². The van der Waals surface area contributed by atoms with Crippen LogP contribution in [0.4, 0.5) is 13.2 Å². The van der Waals surface area contributed by atoms with E-state index in [0.29, 0.717) is 40.1 Å². The Morgan fingerprint density at radius 1 is 1.00 bits per heavy atom. The van der Waals surface area contributed by atoms with E-state index >= 15 is 0 Å². The second kappa shape index (κ2) is 11.5. The van der Waals surface area contributed by atoms with Gasteiger partial charge in [0.05, 0.1) is 15.7 Å². The van der Waals surface area contributed by atoms with Gasteiger partial charge in [-0.25, -0.2) is 9.59 Å². The van der Waals surface area contributed by atoms with Crippen molar-refractivity contribution in [3.8, 4) is 22.9 Å². The Bertz CT molecular complexity index is 1850. The van der Waals surface area contributed by atoms with Gasteiger partial charge in [-0.3, -0.25) is 14.6 Å². The number of H-pyrrole nitrogens is 1. The van der Waals surface area contributed by atoms with Gasteiger partial charge in [0, 0.05) is 18.7 Å². The lowest BCUT2D eigenvalue weighted by Gasteiger charge is -2.29.